The highest BCUT2D eigenvalue weighted by Gasteiger charge is 2.18. The molecule has 0 saturated heterocycles. The van der Waals surface area contributed by atoms with Crippen molar-refractivity contribution in [1.82, 2.24) is 15.6 Å². The van der Waals surface area contributed by atoms with Crippen molar-refractivity contribution in [2.45, 2.75) is 19.9 Å². The van der Waals surface area contributed by atoms with Crippen molar-refractivity contribution in [2.24, 2.45) is 0 Å². The number of thiocarbonyl (C=S) groups is 1. The van der Waals surface area contributed by atoms with Gasteiger partial charge in [-0.05, 0) is 60.1 Å². The first-order valence-electron chi connectivity index (χ1n) is 11.1. The zero-order chi connectivity index (χ0) is 25.2. The molecular weight excluding hydrogens is 498 g/mol. The van der Waals surface area contributed by atoms with Crippen LogP contribution in [0.5, 0.6) is 0 Å². The summed E-state index contributed by atoms with van der Waals surface area (Å²) < 4.78 is 11.3. The molecule has 0 atom stereocenters. The smallest absolute Gasteiger partial charge is 0.340 e. The lowest BCUT2D eigenvalue weighted by Gasteiger charge is -2.11. The number of amides is 1. The van der Waals surface area contributed by atoms with Gasteiger partial charge in [-0.2, -0.15) is 0 Å². The lowest BCUT2D eigenvalue weighted by atomic mass is 9.99. The molecule has 9 heteroatoms. The number of fused-ring (bicyclic) bond motifs is 2. The van der Waals surface area contributed by atoms with E-state index in [1.165, 1.54) is 0 Å². The minimum atomic E-state index is -0.576. The second kappa shape index (κ2) is 9.93. The van der Waals surface area contributed by atoms with E-state index in [1.807, 2.05) is 42.5 Å². The predicted molar refractivity (Wildman–Crippen MR) is 143 cm³/mol. The monoisotopic (exact) mass is 517 g/mol. The Morgan fingerprint density at radius 3 is 2.67 bits per heavy atom. The number of carbonyl (C=O) groups is 1. The molecule has 5 aromatic rings. The maximum atomic E-state index is 12.7. The van der Waals surface area contributed by atoms with E-state index in [0.29, 0.717) is 28.3 Å². The SMILES string of the molecule is Cc1c(CC(=O)NC(=S)NCc2cccnc2)c(=O)oc2cc3occ(-c4ccc(Cl)cc4)c3cc12. The van der Waals surface area contributed by atoms with Crippen LogP contribution in [0, 0.1) is 6.92 Å². The average Bonchev–Trinajstić information content (AvgIpc) is 3.28. The van der Waals surface area contributed by atoms with Crippen molar-refractivity contribution in [3.63, 3.8) is 0 Å². The number of carbonyl (C=O) groups excluding carboxylic acids is 1. The Hall–Kier alpha value is -4.01. The molecule has 180 valence electrons. The molecule has 3 heterocycles. The molecule has 0 saturated carbocycles. The summed E-state index contributed by atoms with van der Waals surface area (Å²) in [6.45, 7) is 2.22. The molecule has 5 rings (SSSR count). The molecule has 0 aliphatic carbocycles. The van der Waals surface area contributed by atoms with Crippen LogP contribution in [-0.2, 0) is 17.8 Å². The maximum Gasteiger partial charge on any atom is 0.340 e. The third-order valence-corrected chi connectivity index (χ3v) is 6.40. The Balaban J connectivity index is 1.40. The van der Waals surface area contributed by atoms with Gasteiger partial charge in [0.2, 0.25) is 5.91 Å². The number of rotatable bonds is 5. The number of aryl methyl sites for hydroxylation is 1. The summed E-state index contributed by atoms with van der Waals surface area (Å²) in [6, 6.07) is 14.8. The molecule has 0 bridgehead atoms. The van der Waals surface area contributed by atoms with Gasteiger partial charge >= 0.3 is 5.63 Å². The van der Waals surface area contributed by atoms with Gasteiger partial charge in [0.05, 0.1) is 18.2 Å². The van der Waals surface area contributed by atoms with E-state index in [-0.39, 0.29) is 17.1 Å². The number of nitrogens with zero attached hydrogens (tertiary/aromatic N) is 1. The third-order valence-electron chi connectivity index (χ3n) is 5.90. The molecule has 3 aromatic heterocycles. The van der Waals surface area contributed by atoms with E-state index in [9.17, 15) is 9.59 Å². The first-order chi connectivity index (χ1) is 17.4. The lowest BCUT2D eigenvalue weighted by molar-refractivity contribution is -0.119. The summed E-state index contributed by atoms with van der Waals surface area (Å²) >= 11 is 11.2. The summed E-state index contributed by atoms with van der Waals surface area (Å²) in [4.78, 5) is 29.4. The number of furan rings is 1. The Morgan fingerprint density at radius 2 is 1.92 bits per heavy atom. The van der Waals surface area contributed by atoms with Crippen molar-refractivity contribution in [2.75, 3.05) is 0 Å². The number of hydrogen-bond acceptors (Lipinski definition) is 6. The fraction of sp³-hybridized carbons (Fsp3) is 0.111. The number of hydrogen-bond donors (Lipinski definition) is 2. The largest absolute Gasteiger partial charge is 0.464 e. The van der Waals surface area contributed by atoms with Gasteiger partial charge in [0.1, 0.15) is 11.2 Å². The predicted octanol–water partition coefficient (Wildman–Crippen LogP) is 5.30. The first-order valence-corrected chi connectivity index (χ1v) is 11.9. The Morgan fingerprint density at radius 1 is 1.11 bits per heavy atom. The number of aromatic nitrogens is 1. The fourth-order valence-electron chi connectivity index (χ4n) is 4.03. The van der Waals surface area contributed by atoms with E-state index in [2.05, 4.69) is 15.6 Å². The molecule has 2 aromatic carbocycles. The van der Waals surface area contributed by atoms with Gasteiger partial charge in [-0.3, -0.25) is 9.78 Å². The first kappa shape index (κ1) is 23.7. The van der Waals surface area contributed by atoms with Gasteiger partial charge in [0.15, 0.2) is 5.11 Å². The minimum Gasteiger partial charge on any atom is -0.464 e. The normalized spacial score (nSPS) is 11.1. The Bertz CT molecular complexity index is 1660. The molecule has 0 radical (unpaired) electrons. The van der Waals surface area contributed by atoms with Crippen molar-refractivity contribution in [3.05, 3.63) is 99.3 Å². The molecule has 0 aliphatic heterocycles. The van der Waals surface area contributed by atoms with Crippen LogP contribution in [0.4, 0.5) is 0 Å². The minimum absolute atomic E-state index is 0.166. The number of halogens is 1. The van der Waals surface area contributed by atoms with E-state index in [1.54, 1.807) is 31.6 Å². The molecule has 0 unspecified atom stereocenters. The van der Waals surface area contributed by atoms with Crippen molar-refractivity contribution >= 4 is 56.8 Å². The van der Waals surface area contributed by atoms with E-state index >= 15 is 0 Å². The van der Waals surface area contributed by atoms with Crippen LogP contribution in [0.2, 0.25) is 5.02 Å². The zero-order valence-electron chi connectivity index (χ0n) is 19.1. The summed E-state index contributed by atoms with van der Waals surface area (Å²) in [5.74, 6) is -0.417. The van der Waals surface area contributed by atoms with E-state index in [4.69, 9.17) is 32.7 Å². The molecule has 1 amide bonds. The number of pyridine rings is 1. The summed E-state index contributed by atoms with van der Waals surface area (Å²) in [5, 5.41) is 7.96. The highest BCUT2D eigenvalue weighted by molar-refractivity contribution is 7.80. The number of nitrogens with one attached hydrogen (secondary N) is 2. The molecule has 7 nitrogen and oxygen atoms in total. The third kappa shape index (κ3) is 4.86. The summed E-state index contributed by atoms with van der Waals surface area (Å²) in [7, 11) is 0. The van der Waals surface area contributed by atoms with Crippen LogP contribution in [0.25, 0.3) is 33.1 Å². The second-order valence-corrected chi connectivity index (χ2v) is 9.11. The standard InChI is InChI=1S/C27H20ClN3O4S/c1-15-19-9-21-22(17-4-6-18(28)7-5-17)14-34-23(21)11-24(19)35-26(33)20(15)10-25(32)31-27(36)30-13-16-3-2-8-29-12-16/h2-9,11-12,14H,10,13H2,1H3,(H2,30,31,32,36). The van der Waals surface area contributed by atoms with Gasteiger partial charge in [-0.1, -0.05) is 29.8 Å². The van der Waals surface area contributed by atoms with Gasteiger partial charge in [-0.15, -0.1) is 0 Å². The summed E-state index contributed by atoms with van der Waals surface area (Å²) in [5.41, 5.74) is 4.09. The van der Waals surface area contributed by atoms with Crippen LogP contribution < -0.4 is 16.3 Å². The van der Waals surface area contributed by atoms with Crippen molar-refractivity contribution in [1.29, 1.82) is 0 Å². The lowest BCUT2D eigenvalue weighted by Crippen LogP contribution is -2.40. The zero-order valence-corrected chi connectivity index (χ0v) is 20.7. The Labute approximate surface area is 216 Å². The van der Waals surface area contributed by atoms with Crippen LogP contribution in [0.1, 0.15) is 16.7 Å². The Kier molecular flexibility index (Phi) is 6.54. The number of benzene rings is 2. The maximum absolute atomic E-state index is 12.7. The van der Waals surface area contributed by atoms with Gasteiger partial charge < -0.3 is 19.5 Å². The van der Waals surface area contributed by atoms with Crippen molar-refractivity contribution < 1.29 is 13.6 Å². The highest BCUT2D eigenvalue weighted by Crippen LogP contribution is 2.35. The summed E-state index contributed by atoms with van der Waals surface area (Å²) in [6.07, 6.45) is 4.87. The molecule has 0 fully saturated rings. The highest BCUT2D eigenvalue weighted by atomic mass is 35.5. The molecule has 0 spiro atoms. The molecule has 2 N–H and O–H groups in total. The van der Waals surface area contributed by atoms with Crippen LogP contribution >= 0.6 is 23.8 Å². The topological polar surface area (TPSA) is 97.4 Å². The van der Waals surface area contributed by atoms with Crippen LogP contribution in [0.3, 0.4) is 0 Å². The van der Waals surface area contributed by atoms with Crippen molar-refractivity contribution in [3.8, 4) is 11.1 Å². The quantitative estimate of drug-likeness (QED) is 0.241. The van der Waals surface area contributed by atoms with Gasteiger partial charge in [0.25, 0.3) is 0 Å². The molecule has 0 aliphatic rings. The average molecular weight is 518 g/mol. The van der Waals surface area contributed by atoms with E-state index < -0.39 is 11.5 Å². The van der Waals surface area contributed by atoms with Crippen LogP contribution in [0.15, 0.2) is 80.8 Å². The molecule has 36 heavy (non-hydrogen) atoms. The van der Waals surface area contributed by atoms with Gasteiger partial charge in [0, 0.05) is 46.4 Å². The van der Waals surface area contributed by atoms with E-state index in [0.717, 1.165) is 27.5 Å². The van der Waals surface area contributed by atoms with Crippen LogP contribution in [-0.4, -0.2) is 16.0 Å². The fourth-order valence-corrected chi connectivity index (χ4v) is 4.34. The van der Waals surface area contributed by atoms with Gasteiger partial charge in [-0.25, -0.2) is 4.79 Å². The second-order valence-electron chi connectivity index (χ2n) is 8.26. The molecular formula is C27H20ClN3O4S.